The molecule has 0 aromatic heterocycles. The van der Waals surface area contributed by atoms with Crippen LogP contribution in [0.4, 0.5) is 0 Å². The maximum Gasteiger partial charge on any atom is 0.326 e. The molecule has 0 heterocycles. The van der Waals surface area contributed by atoms with E-state index in [9.17, 15) is 19.2 Å². The highest BCUT2D eigenvalue weighted by molar-refractivity contribution is 5.89. The number of nitrogens with one attached hydrogen (secondary N) is 2. The lowest BCUT2D eigenvalue weighted by molar-refractivity contribution is -0.146. The number of carbonyl (C=O) groups is 4. The number of carbonyl (C=O) groups excluding carboxylic acids is 2. The first-order valence-electron chi connectivity index (χ1n) is 7.62. The van der Waals surface area contributed by atoms with Crippen molar-refractivity contribution in [2.45, 2.75) is 58.9 Å². The van der Waals surface area contributed by atoms with Crippen LogP contribution in [-0.2, 0) is 19.2 Å². The van der Waals surface area contributed by atoms with Crippen LogP contribution in [0.1, 0.15) is 52.9 Å². The maximum absolute atomic E-state index is 12.0. The predicted octanol–water partition coefficient (Wildman–Crippen LogP) is 0.753. The fraction of sp³-hybridized carbons (Fsp3) is 0.733. The summed E-state index contributed by atoms with van der Waals surface area (Å²) in [5, 5.41) is 22.9. The molecule has 0 aliphatic rings. The number of carboxylic acid groups (broad SMARTS) is 2. The van der Waals surface area contributed by atoms with Crippen molar-refractivity contribution < 1.29 is 29.4 Å². The average molecular weight is 330 g/mol. The molecule has 8 nitrogen and oxygen atoms in total. The van der Waals surface area contributed by atoms with Gasteiger partial charge in [0.05, 0.1) is 11.8 Å². The predicted molar refractivity (Wildman–Crippen MR) is 82.8 cm³/mol. The molecule has 2 amide bonds. The highest BCUT2D eigenvalue weighted by Crippen LogP contribution is 2.20. The molecule has 0 spiro atoms. The number of unbranched alkanes of at least 4 members (excludes halogenated alkanes) is 1. The van der Waals surface area contributed by atoms with Crippen LogP contribution in [0, 0.1) is 5.41 Å². The molecule has 0 aliphatic heterocycles. The monoisotopic (exact) mass is 330 g/mol. The Bertz CT molecular complexity index is 447. The van der Waals surface area contributed by atoms with Crippen molar-refractivity contribution in [2.75, 3.05) is 6.54 Å². The van der Waals surface area contributed by atoms with Crippen molar-refractivity contribution in [3.8, 4) is 0 Å². The molecule has 0 aromatic carbocycles. The molecular weight excluding hydrogens is 304 g/mol. The molecule has 8 heteroatoms. The van der Waals surface area contributed by atoms with Crippen molar-refractivity contribution in [3.05, 3.63) is 0 Å². The molecular formula is C15H26N2O6. The summed E-state index contributed by atoms with van der Waals surface area (Å²) in [4.78, 5) is 45.5. The number of hydrogen-bond donors (Lipinski definition) is 4. The minimum atomic E-state index is -1.26. The molecule has 0 saturated carbocycles. The average Bonchev–Trinajstić information content (AvgIpc) is 2.41. The van der Waals surface area contributed by atoms with Gasteiger partial charge in [0, 0.05) is 13.0 Å². The third kappa shape index (κ3) is 8.80. The van der Waals surface area contributed by atoms with Crippen molar-refractivity contribution in [3.63, 3.8) is 0 Å². The van der Waals surface area contributed by atoms with Crippen LogP contribution in [0.15, 0.2) is 0 Å². The smallest absolute Gasteiger partial charge is 0.326 e. The zero-order valence-corrected chi connectivity index (χ0v) is 13.8. The minimum absolute atomic E-state index is 0.0275. The number of aliphatic carboxylic acids is 2. The molecule has 0 rings (SSSR count). The number of hydrogen-bond acceptors (Lipinski definition) is 4. The summed E-state index contributed by atoms with van der Waals surface area (Å²) in [7, 11) is 0. The van der Waals surface area contributed by atoms with E-state index < -0.39 is 35.7 Å². The van der Waals surface area contributed by atoms with E-state index in [-0.39, 0.29) is 18.7 Å². The molecule has 4 N–H and O–H groups in total. The lowest BCUT2D eigenvalue weighted by Gasteiger charge is -2.24. The Morgan fingerprint density at radius 1 is 1.13 bits per heavy atom. The lowest BCUT2D eigenvalue weighted by Crippen LogP contribution is -2.47. The van der Waals surface area contributed by atoms with Gasteiger partial charge in [0.15, 0.2) is 0 Å². The Labute approximate surface area is 135 Å². The van der Waals surface area contributed by atoms with Crippen molar-refractivity contribution >= 4 is 23.8 Å². The van der Waals surface area contributed by atoms with Gasteiger partial charge >= 0.3 is 11.9 Å². The second-order valence-corrected chi connectivity index (χ2v) is 6.06. The fourth-order valence-electron chi connectivity index (χ4n) is 1.84. The maximum atomic E-state index is 12.0. The topological polar surface area (TPSA) is 133 Å². The van der Waals surface area contributed by atoms with Crippen molar-refractivity contribution in [1.82, 2.24) is 10.6 Å². The van der Waals surface area contributed by atoms with E-state index in [2.05, 4.69) is 10.6 Å². The molecule has 23 heavy (non-hydrogen) atoms. The lowest BCUT2D eigenvalue weighted by atomic mass is 9.88. The van der Waals surface area contributed by atoms with E-state index in [1.165, 1.54) is 13.8 Å². The van der Waals surface area contributed by atoms with Crippen molar-refractivity contribution in [2.24, 2.45) is 5.41 Å². The Morgan fingerprint density at radius 3 is 2.22 bits per heavy atom. The van der Waals surface area contributed by atoms with Crippen LogP contribution in [0.5, 0.6) is 0 Å². The van der Waals surface area contributed by atoms with E-state index >= 15 is 0 Å². The minimum Gasteiger partial charge on any atom is -0.481 e. The standard InChI is InChI=1S/C15H26N2O6/c1-4-5-8-16-11(18)7-6-10(13(21)22)17-14(23)15(2,3)9-12(19)20/h10H,4-9H2,1-3H3,(H,16,18)(H,17,23)(H,19,20)(H,21,22)/t10-/m0/s1. The van der Waals surface area contributed by atoms with E-state index in [4.69, 9.17) is 10.2 Å². The summed E-state index contributed by atoms with van der Waals surface area (Å²) in [6, 6.07) is -1.23. The Balaban J connectivity index is 4.52. The SMILES string of the molecule is CCCCNC(=O)CC[C@H](NC(=O)C(C)(C)CC(=O)O)C(=O)O. The quantitative estimate of drug-likeness (QED) is 0.413. The van der Waals surface area contributed by atoms with Gasteiger partial charge in [-0.15, -0.1) is 0 Å². The summed E-state index contributed by atoms with van der Waals surface area (Å²) in [5.41, 5.74) is -1.23. The van der Waals surface area contributed by atoms with E-state index in [1.54, 1.807) is 0 Å². The van der Waals surface area contributed by atoms with Gasteiger partial charge in [-0.1, -0.05) is 27.2 Å². The highest BCUT2D eigenvalue weighted by atomic mass is 16.4. The molecule has 0 saturated heterocycles. The summed E-state index contributed by atoms with van der Waals surface area (Å²) >= 11 is 0. The van der Waals surface area contributed by atoms with Crippen molar-refractivity contribution in [1.29, 1.82) is 0 Å². The Hall–Kier alpha value is -2.12. The number of amides is 2. The van der Waals surface area contributed by atoms with Gasteiger partial charge in [0.1, 0.15) is 6.04 Å². The number of rotatable bonds is 11. The van der Waals surface area contributed by atoms with Crippen LogP contribution < -0.4 is 10.6 Å². The molecule has 0 unspecified atom stereocenters. The van der Waals surface area contributed by atoms with E-state index in [0.29, 0.717) is 6.54 Å². The number of carboxylic acids is 2. The van der Waals surface area contributed by atoms with Gasteiger partial charge in [-0.05, 0) is 12.8 Å². The third-order valence-electron chi connectivity index (χ3n) is 3.32. The van der Waals surface area contributed by atoms with Gasteiger partial charge in [0.25, 0.3) is 0 Å². The van der Waals surface area contributed by atoms with Crippen LogP contribution in [-0.4, -0.2) is 46.6 Å². The van der Waals surface area contributed by atoms with E-state index in [1.807, 2.05) is 6.92 Å². The highest BCUT2D eigenvalue weighted by Gasteiger charge is 2.33. The van der Waals surface area contributed by atoms with Gasteiger partial charge in [-0.25, -0.2) is 4.79 Å². The molecule has 1 atom stereocenters. The summed E-state index contributed by atoms with van der Waals surface area (Å²) in [6.07, 6.45) is 1.28. The van der Waals surface area contributed by atoms with Crippen LogP contribution in [0.3, 0.4) is 0 Å². The molecule has 0 radical (unpaired) electrons. The van der Waals surface area contributed by atoms with Crippen LogP contribution in [0.25, 0.3) is 0 Å². The molecule has 0 aromatic rings. The first-order valence-corrected chi connectivity index (χ1v) is 7.62. The zero-order valence-electron chi connectivity index (χ0n) is 13.8. The second kappa shape index (κ2) is 9.81. The molecule has 0 fully saturated rings. The fourth-order valence-corrected chi connectivity index (χ4v) is 1.84. The van der Waals surface area contributed by atoms with E-state index in [0.717, 1.165) is 12.8 Å². The van der Waals surface area contributed by atoms with Gasteiger partial charge in [0.2, 0.25) is 11.8 Å². The van der Waals surface area contributed by atoms with Gasteiger partial charge in [-0.3, -0.25) is 14.4 Å². The normalized spacial score (nSPS) is 12.3. The largest absolute Gasteiger partial charge is 0.481 e. The molecule has 132 valence electrons. The molecule has 0 aliphatic carbocycles. The van der Waals surface area contributed by atoms with Gasteiger partial charge in [-0.2, -0.15) is 0 Å². The Kier molecular flexibility index (Phi) is 8.90. The summed E-state index contributed by atoms with van der Waals surface area (Å²) in [6.45, 7) is 5.37. The van der Waals surface area contributed by atoms with Crippen LogP contribution >= 0.6 is 0 Å². The second-order valence-electron chi connectivity index (χ2n) is 6.06. The third-order valence-corrected chi connectivity index (χ3v) is 3.32. The van der Waals surface area contributed by atoms with Gasteiger partial charge < -0.3 is 20.8 Å². The zero-order chi connectivity index (χ0) is 18.0. The molecule has 0 bridgehead atoms. The summed E-state index contributed by atoms with van der Waals surface area (Å²) in [5.74, 6) is -3.35. The summed E-state index contributed by atoms with van der Waals surface area (Å²) < 4.78 is 0. The first kappa shape index (κ1) is 20.9. The first-order chi connectivity index (χ1) is 10.6. The Morgan fingerprint density at radius 2 is 1.74 bits per heavy atom. The van der Waals surface area contributed by atoms with Crippen LogP contribution in [0.2, 0.25) is 0 Å².